The number of nitrogens with zero attached hydrogens (tertiary/aromatic N) is 1. The molecule has 0 heterocycles. The van der Waals surface area contributed by atoms with E-state index in [1.807, 2.05) is 0 Å². The van der Waals surface area contributed by atoms with Crippen molar-refractivity contribution in [1.82, 2.24) is 0 Å². The molecule has 160 valence electrons. The summed E-state index contributed by atoms with van der Waals surface area (Å²) in [6.45, 7) is 5.98. The monoisotopic (exact) mass is 405 g/mol. The average Bonchev–Trinajstić information content (AvgIpc) is 2.58. The molecule has 0 aromatic carbocycles. The smallest absolute Gasteiger partial charge is 0.0778 e. The largest absolute Gasteiger partial charge is 1.00 e. The van der Waals surface area contributed by atoms with Gasteiger partial charge in [0.2, 0.25) is 0 Å². The summed E-state index contributed by atoms with van der Waals surface area (Å²) in [4.78, 5) is 0. The average molecular weight is 406 g/mol. The molecule has 1 nitrogen and oxygen atoms in total. The molecular weight excluding hydrogens is 354 g/mol. The molecule has 0 rings (SSSR count). The highest BCUT2D eigenvalue weighted by Gasteiger charge is 2.21. The first-order valence-corrected chi connectivity index (χ1v) is 13.0. The summed E-state index contributed by atoms with van der Waals surface area (Å²) in [5.74, 6) is 0. The first-order chi connectivity index (χ1) is 12.0. The van der Waals surface area contributed by atoms with Gasteiger partial charge in [-0.2, -0.15) is 0 Å². The number of halogens is 1. The summed E-state index contributed by atoms with van der Waals surface area (Å²) >= 11 is 0. The van der Waals surface area contributed by atoms with Gasteiger partial charge in [-0.05, 0) is 19.3 Å². The van der Waals surface area contributed by atoms with E-state index in [0.717, 1.165) is 5.67 Å². The van der Waals surface area contributed by atoms with E-state index in [9.17, 15) is 0 Å². The Labute approximate surface area is 176 Å². The van der Waals surface area contributed by atoms with Crippen molar-refractivity contribution in [3.8, 4) is 0 Å². The minimum absolute atomic E-state index is 0. The third-order valence-electron chi connectivity index (χ3n) is 6.22. The van der Waals surface area contributed by atoms with E-state index in [2.05, 4.69) is 27.9 Å². The summed E-state index contributed by atoms with van der Waals surface area (Å²) in [6.07, 6.45) is 24.8. The highest BCUT2D eigenvalue weighted by molar-refractivity contribution is 6.10. The van der Waals surface area contributed by atoms with Crippen LogP contribution in [0.5, 0.6) is 0 Å². The van der Waals surface area contributed by atoms with Gasteiger partial charge in [-0.3, -0.25) is 0 Å². The number of rotatable bonds is 19. The Morgan fingerprint density at radius 2 is 0.923 bits per heavy atom. The molecule has 26 heavy (non-hydrogen) atoms. The van der Waals surface area contributed by atoms with Gasteiger partial charge < -0.3 is 16.9 Å². The molecule has 0 radical (unpaired) electrons. The van der Waals surface area contributed by atoms with Crippen LogP contribution in [0.3, 0.4) is 0 Å². The second kappa shape index (κ2) is 20.2. The van der Waals surface area contributed by atoms with Crippen LogP contribution in [0.1, 0.15) is 123 Å². The van der Waals surface area contributed by atoms with E-state index in [4.69, 9.17) is 0 Å². The zero-order chi connectivity index (χ0) is 18.8. The molecule has 0 aliphatic heterocycles. The van der Waals surface area contributed by atoms with Crippen molar-refractivity contribution in [2.24, 2.45) is 0 Å². The van der Waals surface area contributed by atoms with Crippen LogP contribution in [0.2, 0.25) is 0 Å². The van der Waals surface area contributed by atoms with Crippen molar-refractivity contribution in [2.45, 2.75) is 129 Å². The quantitative estimate of drug-likeness (QED) is 0.175. The number of hydrogen-bond donors (Lipinski definition) is 0. The molecular formula is C23H52ClNSi. The Bertz CT molecular complexity index is 271. The highest BCUT2D eigenvalue weighted by Crippen LogP contribution is 2.16. The second-order valence-electron chi connectivity index (χ2n) is 9.09. The first kappa shape index (κ1) is 28.7. The van der Waals surface area contributed by atoms with Gasteiger partial charge in [0, 0.05) is 0 Å². The van der Waals surface area contributed by atoms with Crippen LogP contribution in [0.25, 0.3) is 0 Å². The van der Waals surface area contributed by atoms with Gasteiger partial charge in [-0.15, -0.1) is 0 Å². The zero-order valence-corrected chi connectivity index (χ0v) is 21.9. The molecule has 3 heteroatoms. The van der Waals surface area contributed by atoms with Gasteiger partial charge in [0.25, 0.3) is 0 Å². The molecule has 0 spiro atoms. The molecule has 0 aliphatic carbocycles. The first-order valence-electron chi connectivity index (χ1n) is 11.9. The van der Waals surface area contributed by atoms with Crippen LogP contribution in [0, 0.1) is 0 Å². The number of unbranched alkanes of at least 4 members (excludes halogenated alkanes) is 14. The fraction of sp³-hybridized carbons (Fsp3) is 1.00. The van der Waals surface area contributed by atoms with E-state index >= 15 is 0 Å². The fourth-order valence-corrected chi connectivity index (χ4v) is 4.62. The van der Waals surface area contributed by atoms with Crippen molar-refractivity contribution < 1.29 is 16.9 Å². The minimum atomic E-state index is 0. The minimum Gasteiger partial charge on any atom is -1.00 e. The molecule has 0 saturated carbocycles. The molecule has 1 unspecified atom stereocenters. The Balaban J connectivity index is 0. The van der Waals surface area contributed by atoms with Crippen LogP contribution in [-0.2, 0) is 0 Å². The molecule has 0 saturated heterocycles. The van der Waals surface area contributed by atoms with Gasteiger partial charge >= 0.3 is 0 Å². The molecule has 0 N–H and O–H groups in total. The lowest BCUT2D eigenvalue weighted by atomic mass is 10.0. The van der Waals surface area contributed by atoms with Crippen molar-refractivity contribution in [1.29, 1.82) is 0 Å². The van der Waals surface area contributed by atoms with Crippen LogP contribution in [-0.4, -0.2) is 41.0 Å². The second-order valence-corrected chi connectivity index (χ2v) is 10.4. The van der Waals surface area contributed by atoms with Crippen LogP contribution < -0.4 is 12.4 Å². The summed E-state index contributed by atoms with van der Waals surface area (Å²) in [5.41, 5.74) is 0.960. The number of quaternary nitrogens is 1. The predicted molar refractivity (Wildman–Crippen MR) is 121 cm³/mol. The molecule has 0 fully saturated rings. The zero-order valence-electron chi connectivity index (χ0n) is 19.1. The van der Waals surface area contributed by atoms with Crippen LogP contribution in [0.15, 0.2) is 0 Å². The Morgan fingerprint density at radius 3 is 1.27 bits per heavy atom. The molecule has 0 amide bonds. The summed E-state index contributed by atoms with van der Waals surface area (Å²) in [6, 6.07) is 0. The van der Waals surface area contributed by atoms with Gasteiger partial charge in [-0.25, -0.2) is 0 Å². The van der Waals surface area contributed by atoms with Crippen molar-refractivity contribution in [2.75, 3.05) is 20.6 Å². The third-order valence-corrected chi connectivity index (χ3v) is 8.19. The standard InChI is InChI=1S/C23H52NSi.ClH/c1-5-7-8-9-10-11-12-13-14-15-16-17-18-19-20-21-23(25)24(3,4)22-6-2;/h23H,5-22H2,1-4,25H3;1H/q+1;/p-1. The lowest BCUT2D eigenvalue weighted by Gasteiger charge is -2.36. The lowest BCUT2D eigenvalue weighted by Crippen LogP contribution is -3.00. The SMILES string of the molecule is CCCCCCCCCCCCCCCCCC([SiH3])[N+](C)(C)CCC.[Cl-]. The van der Waals surface area contributed by atoms with Crippen molar-refractivity contribution in [3.63, 3.8) is 0 Å². The topological polar surface area (TPSA) is 0 Å². The predicted octanol–water partition coefficient (Wildman–Crippen LogP) is 3.43. The fourth-order valence-electron chi connectivity index (χ4n) is 3.96. The number of hydrogen-bond acceptors (Lipinski definition) is 0. The Kier molecular flexibility index (Phi) is 22.3. The molecule has 0 aromatic heterocycles. The van der Waals surface area contributed by atoms with E-state index in [0.29, 0.717) is 0 Å². The van der Waals surface area contributed by atoms with Crippen LogP contribution >= 0.6 is 0 Å². The molecule has 0 bridgehead atoms. The van der Waals surface area contributed by atoms with Gasteiger partial charge in [-0.1, -0.05) is 104 Å². The molecule has 1 atom stereocenters. The van der Waals surface area contributed by atoms with Gasteiger partial charge in [0.05, 0.1) is 36.5 Å². The van der Waals surface area contributed by atoms with E-state index < -0.39 is 0 Å². The maximum absolute atomic E-state index is 2.44. The molecule has 0 aliphatic rings. The van der Waals surface area contributed by atoms with Crippen LogP contribution in [0.4, 0.5) is 0 Å². The van der Waals surface area contributed by atoms with E-state index in [-0.39, 0.29) is 12.4 Å². The Morgan fingerprint density at radius 1 is 0.577 bits per heavy atom. The lowest BCUT2D eigenvalue weighted by molar-refractivity contribution is -0.902. The van der Waals surface area contributed by atoms with E-state index in [1.54, 1.807) is 0 Å². The van der Waals surface area contributed by atoms with Gasteiger partial charge in [0.1, 0.15) is 0 Å². The maximum Gasteiger partial charge on any atom is 0.0778 e. The summed E-state index contributed by atoms with van der Waals surface area (Å²) in [5, 5.41) is 0. The molecule has 0 aromatic rings. The van der Waals surface area contributed by atoms with Crippen molar-refractivity contribution in [3.05, 3.63) is 0 Å². The van der Waals surface area contributed by atoms with E-state index in [1.165, 1.54) is 130 Å². The summed E-state index contributed by atoms with van der Waals surface area (Å²) in [7, 11) is 6.23. The highest BCUT2D eigenvalue weighted by atomic mass is 35.5. The third kappa shape index (κ3) is 17.9. The maximum atomic E-state index is 2.44. The van der Waals surface area contributed by atoms with Crippen molar-refractivity contribution >= 4 is 10.2 Å². The van der Waals surface area contributed by atoms with Gasteiger partial charge in [0.15, 0.2) is 0 Å². The summed E-state index contributed by atoms with van der Waals surface area (Å²) < 4.78 is 1.27. The Hall–Kier alpha value is 0.467. The normalized spacial score (nSPS) is 12.9.